The maximum absolute atomic E-state index is 13.9. The first-order valence-corrected chi connectivity index (χ1v) is 19.4. The van der Waals surface area contributed by atoms with Gasteiger partial charge in [-0.2, -0.15) is 22.7 Å². The average molecular weight is 693 g/mol. The van der Waals surface area contributed by atoms with E-state index in [-0.39, 0.29) is 11.0 Å². The van der Waals surface area contributed by atoms with E-state index in [9.17, 15) is 8.42 Å². The molecule has 5 aromatic rings. The van der Waals surface area contributed by atoms with Gasteiger partial charge in [0.15, 0.2) is 5.82 Å². The molecule has 2 atom stereocenters. The minimum Gasteiger partial charge on any atom is -0.381 e. The lowest BCUT2D eigenvalue weighted by atomic mass is 9.96. The second kappa shape index (κ2) is 11.6. The van der Waals surface area contributed by atoms with Gasteiger partial charge < -0.3 is 14.5 Å². The molecule has 9 rings (SSSR count). The minimum absolute atomic E-state index is 0.208. The predicted molar refractivity (Wildman–Crippen MR) is 193 cm³/mol. The first-order chi connectivity index (χ1) is 24.1. The summed E-state index contributed by atoms with van der Waals surface area (Å²) in [6.07, 6.45) is 7.68. The number of hydrogen-bond acceptors (Lipinski definition) is 9. The van der Waals surface area contributed by atoms with Crippen molar-refractivity contribution in [2.24, 2.45) is 7.05 Å². The van der Waals surface area contributed by atoms with Crippen molar-refractivity contribution in [1.82, 2.24) is 28.9 Å². The van der Waals surface area contributed by atoms with Crippen molar-refractivity contribution in [2.45, 2.75) is 101 Å². The van der Waals surface area contributed by atoms with Crippen molar-refractivity contribution in [3.8, 4) is 11.4 Å². The van der Waals surface area contributed by atoms with Gasteiger partial charge in [-0.15, -0.1) is 0 Å². The Bertz CT molecular complexity index is 2240. The van der Waals surface area contributed by atoms with E-state index in [0.717, 1.165) is 78.1 Å². The van der Waals surface area contributed by atoms with Crippen LogP contribution in [0.1, 0.15) is 78.2 Å². The third kappa shape index (κ3) is 5.05. The van der Waals surface area contributed by atoms with E-state index < -0.39 is 10.0 Å². The number of ether oxygens (including phenoxy) is 1. The van der Waals surface area contributed by atoms with Crippen molar-refractivity contribution >= 4 is 32.6 Å². The van der Waals surface area contributed by atoms with Gasteiger partial charge in [0.25, 0.3) is 10.0 Å². The van der Waals surface area contributed by atoms with Gasteiger partial charge in [-0.05, 0) is 83.1 Å². The fourth-order valence-corrected chi connectivity index (χ4v) is 10.0. The van der Waals surface area contributed by atoms with Crippen LogP contribution in [0.5, 0.6) is 0 Å². The van der Waals surface area contributed by atoms with Gasteiger partial charge in [-0.1, -0.05) is 23.8 Å². The molecule has 2 aromatic carbocycles. The first kappa shape index (κ1) is 31.7. The van der Waals surface area contributed by atoms with Crippen LogP contribution in [0.25, 0.3) is 22.3 Å². The summed E-state index contributed by atoms with van der Waals surface area (Å²) in [4.78, 5) is 16.0. The third-order valence-electron chi connectivity index (χ3n) is 11.5. The van der Waals surface area contributed by atoms with Crippen molar-refractivity contribution in [2.75, 3.05) is 23.5 Å². The Morgan fingerprint density at radius 2 is 1.64 bits per heavy atom. The molecule has 2 bridgehead atoms. The van der Waals surface area contributed by atoms with Crippen LogP contribution in [0.2, 0.25) is 0 Å². The minimum atomic E-state index is -3.93. The Kier molecular flexibility index (Phi) is 7.37. The molecule has 50 heavy (non-hydrogen) atoms. The molecule has 0 amide bonds. The number of anilines is 2. The fraction of sp³-hybridized carbons (Fsp3) is 0.474. The van der Waals surface area contributed by atoms with E-state index in [4.69, 9.17) is 19.8 Å². The summed E-state index contributed by atoms with van der Waals surface area (Å²) in [5.74, 6) is 3.38. The Labute approximate surface area is 293 Å². The molecule has 6 heterocycles. The van der Waals surface area contributed by atoms with E-state index in [1.165, 1.54) is 28.2 Å². The van der Waals surface area contributed by atoms with Gasteiger partial charge in [0.1, 0.15) is 11.6 Å². The Morgan fingerprint density at radius 3 is 2.34 bits per heavy atom. The van der Waals surface area contributed by atoms with Gasteiger partial charge >= 0.3 is 0 Å². The maximum Gasteiger partial charge on any atom is 0.283 e. The van der Waals surface area contributed by atoms with Gasteiger partial charge in [-0.25, -0.2) is 9.97 Å². The predicted octanol–water partition coefficient (Wildman–Crippen LogP) is 5.98. The monoisotopic (exact) mass is 692 g/mol. The second-order valence-electron chi connectivity index (χ2n) is 14.8. The highest BCUT2D eigenvalue weighted by Crippen LogP contribution is 2.45. The number of methoxy groups -OCH3 is 1. The van der Waals surface area contributed by atoms with Crippen LogP contribution in [0.4, 0.5) is 11.6 Å². The van der Waals surface area contributed by atoms with Crippen molar-refractivity contribution < 1.29 is 13.2 Å². The van der Waals surface area contributed by atoms with Crippen molar-refractivity contribution in [3.05, 3.63) is 76.2 Å². The zero-order valence-electron chi connectivity index (χ0n) is 29.4. The molecule has 1 aliphatic carbocycles. The summed E-state index contributed by atoms with van der Waals surface area (Å²) in [6.45, 7) is 7.42. The molecular formula is C38H44N8O3S. The number of piperidine rings is 1. The molecule has 12 heteroatoms. The molecule has 0 N–H and O–H groups in total. The highest BCUT2D eigenvalue weighted by Gasteiger charge is 2.44. The third-order valence-corrected chi connectivity index (χ3v) is 13.1. The summed E-state index contributed by atoms with van der Waals surface area (Å²) >= 11 is 0. The second-order valence-corrected chi connectivity index (χ2v) is 16.6. The number of fused-ring (bicyclic) bond motifs is 4. The van der Waals surface area contributed by atoms with Crippen LogP contribution in [0.3, 0.4) is 0 Å². The van der Waals surface area contributed by atoms with Crippen LogP contribution in [-0.4, -0.2) is 69.2 Å². The number of aryl methyl sites for hydroxylation is 4. The molecule has 3 aliphatic heterocycles. The highest BCUT2D eigenvalue weighted by molar-refractivity contribution is 7.90. The number of hydrogen-bond donors (Lipinski definition) is 0. The van der Waals surface area contributed by atoms with E-state index in [2.05, 4.69) is 34.9 Å². The van der Waals surface area contributed by atoms with Crippen LogP contribution < -0.4 is 9.80 Å². The van der Waals surface area contributed by atoms with Crippen LogP contribution in [-0.2, 0) is 34.8 Å². The Morgan fingerprint density at radius 1 is 0.900 bits per heavy atom. The highest BCUT2D eigenvalue weighted by atomic mass is 32.2. The number of rotatable bonds is 7. The molecule has 3 fully saturated rings. The van der Waals surface area contributed by atoms with Gasteiger partial charge in [0.05, 0.1) is 33.6 Å². The Balaban J connectivity index is 1.19. The lowest BCUT2D eigenvalue weighted by molar-refractivity contribution is 0.0681. The van der Waals surface area contributed by atoms with Crippen molar-refractivity contribution in [3.63, 3.8) is 0 Å². The molecule has 2 saturated heterocycles. The molecule has 260 valence electrons. The zero-order valence-corrected chi connectivity index (χ0v) is 30.2. The molecule has 0 radical (unpaired) electrons. The van der Waals surface area contributed by atoms with E-state index in [1.807, 2.05) is 49.9 Å². The lowest BCUT2D eigenvalue weighted by Crippen LogP contribution is -2.47. The van der Waals surface area contributed by atoms with E-state index >= 15 is 0 Å². The molecule has 4 aliphatic rings. The summed E-state index contributed by atoms with van der Waals surface area (Å²) in [7, 11) is -0.0470. The number of nitrogens with zero attached hydrogens (tertiary/aromatic N) is 8. The van der Waals surface area contributed by atoms with Crippen molar-refractivity contribution in [1.29, 1.82) is 0 Å². The summed E-state index contributed by atoms with van der Waals surface area (Å²) in [5, 5.41) is 10.3. The van der Waals surface area contributed by atoms with Gasteiger partial charge in [0, 0.05) is 74.2 Å². The van der Waals surface area contributed by atoms with Gasteiger partial charge in [-0.3, -0.25) is 4.68 Å². The SMILES string of the molecule is COC1CC2CCC(C1)N2c1nc(-c2c(C)ccc3c2c(C)nn3S(=O)(=O)c2ccc(C)cc2)nc2c1CN(c1cc(C3CC3)nn1C)CC2. The standard InChI is InChI=1S/C38H44N8O3S/c1-22-6-13-29(14-7-22)50(47,48)46-33-15-8-23(2)35(36(33)24(3)41-46)37-39-31-16-17-44(34-20-32(25-9-10-25)42-43(34)4)21-30(31)38(40-37)45-26-11-12-27(45)19-28(18-26)49-5/h6-8,13-15,20,25-28H,9-12,16-19,21H2,1-5H3. The lowest BCUT2D eigenvalue weighted by Gasteiger charge is -2.41. The first-order valence-electron chi connectivity index (χ1n) is 17.9. The smallest absolute Gasteiger partial charge is 0.283 e. The number of benzene rings is 2. The summed E-state index contributed by atoms with van der Waals surface area (Å²) in [5.41, 5.74) is 7.43. The van der Waals surface area contributed by atoms with Crippen LogP contribution >= 0.6 is 0 Å². The molecule has 1 saturated carbocycles. The van der Waals surface area contributed by atoms with Crippen LogP contribution in [0.15, 0.2) is 47.4 Å². The van der Waals surface area contributed by atoms with Gasteiger partial charge in [0.2, 0.25) is 0 Å². The number of aromatic nitrogens is 6. The molecule has 2 unspecified atom stereocenters. The Hall–Kier alpha value is -4.29. The molecule has 3 aromatic heterocycles. The van der Waals surface area contributed by atoms with E-state index in [0.29, 0.717) is 41.6 Å². The molecular weight excluding hydrogens is 649 g/mol. The topological polar surface area (TPSA) is 111 Å². The normalized spacial score (nSPS) is 22.1. The van der Waals surface area contributed by atoms with Crippen LogP contribution in [0, 0.1) is 20.8 Å². The average Bonchev–Trinajstić information content (AvgIpc) is 3.73. The maximum atomic E-state index is 13.9. The zero-order chi connectivity index (χ0) is 34.5. The molecule has 11 nitrogen and oxygen atoms in total. The summed E-state index contributed by atoms with van der Waals surface area (Å²) in [6, 6.07) is 13.7. The summed E-state index contributed by atoms with van der Waals surface area (Å²) < 4.78 is 37.0. The molecule has 0 spiro atoms. The largest absolute Gasteiger partial charge is 0.381 e. The van der Waals surface area contributed by atoms with E-state index in [1.54, 1.807) is 12.1 Å². The fourth-order valence-electron chi connectivity index (χ4n) is 8.68. The quantitative estimate of drug-likeness (QED) is 0.204.